The van der Waals surface area contributed by atoms with Crippen LogP contribution in [0, 0.1) is 0 Å². The summed E-state index contributed by atoms with van der Waals surface area (Å²) in [5, 5.41) is 8.63. The summed E-state index contributed by atoms with van der Waals surface area (Å²) in [4.78, 5) is 26.7. The van der Waals surface area contributed by atoms with Crippen molar-refractivity contribution in [2.75, 3.05) is 0 Å². The van der Waals surface area contributed by atoms with Gasteiger partial charge in [0.05, 0.1) is 11.1 Å². The number of thiophene rings is 1. The van der Waals surface area contributed by atoms with Gasteiger partial charge in [-0.1, -0.05) is 42.1 Å². The first-order valence-electron chi connectivity index (χ1n) is 8.42. The van der Waals surface area contributed by atoms with Crippen LogP contribution >= 0.6 is 23.1 Å². The van der Waals surface area contributed by atoms with Gasteiger partial charge < -0.3 is 4.98 Å². The molecule has 4 aromatic rings. The monoisotopic (exact) mass is 381 g/mol. The van der Waals surface area contributed by atoms with Crippen molar-refractivity contribution in [1.82, 2.24) is 25.1 Å². The lowest BCUT2D eigenvalue weighted by molar-refractivity contribution is 0.915. The standard InChI is InChI=1S/C18H15N5OS2/c24-16-14-11-7-4-8-12(11)26-17(14)20-13(19-16)9-25-18-21-15(22-23-18)10-5-2-1-3-6-10/h1-3,5-6H,4,7-9H2,(H,19,20,24)(H,21,22,23). The molecule has 0 fully saturated rings. The van der Waals surface area contributed by atoms with E-state index in [1.165, 1.54) is 22.2 Å². The number of aryl methyl sites for hydroxylation is 2. The van der Waals surface area contributed by atoms with Crippen LogP contribution in [0.1, 0.15) is 22.7 Å². The number of nitrogens with one attached hydrogen (secondary N) is 2. The summed E-state index contributed by atoms with van der Waals surface area (Å²) in [6, 6.07) is 9.86. The number of thioether (sulfide) groups is 1. The van der Waals surface area contributed by atoms with Crippen LogP contribution < -0.4 is 5.56 Å². The Kier molecular flexibility index (Phi) is 3.86. The Balaban J connectivity index is 1.37. The van der Waals surface area contributed by atoms with Crippen molar-refractivity contribution in [3.8, 4) is 11.4 Å². The van der Waals surface area contributed by atoms with Crippen molar-refractivity contribution in [3.05, 3.63) is 57.0 Å². The van der Waals surface area contributed by atoms with E-state index in [0.717, 1.165) is 40.9 Å². The zero-order chi connectivity index (χ0) is 17.5. The second-order valence-corrected chi connectivity index (χ2v) is 8.20. The number of H-pyrrole nitrogens is 2. The molecule has 1 aliphatic rings. The van der Waals surface area contributed by atoms with Crippen molar-refractivity contribution in [1.29, 1.82) is 0 Å². The molecule has 5 rings (SSSR count). The van der Waals surface area contributed by atoms with Crippen molar-refractivity contribution in [2.45, 2.75) is 30.2 Å². The SMILES string of the molecule is O=c1[nH]c(CSc2n[nH]c(-c3ccccc3)n2)nc2sc3c(c12)CCC3. The lowest BCUT2D eigenvalue weighted by Crippen LogP contribution is -2.11. The van der Waals surface area contributed by atoms with E-state index in [2.05, 4.69) is 25.1 Å². The van der Waals surface area contributed by atoms with Gasteiger partial charge in [0.2, 0.25) is 5.16 Å². The van der Waals surface area contributed by atoms with Gasteiger partial charge in [0.25, 0.3) is 5.56 Å². The molecule has 2 N–H and O–H groups in total. The third-order valence-corrected chi connectivity index (χ3v) is 6.52. The minimum absolute atomic E-state index is 0.0232. The first-order chi connectivity index (χ1) is 12.8. The number of nitrogens with zero attached hydrogens (tertiary/aromatic N) is 3. The van der Waals surface area contributed by atoms with Crippen LogP contribution in [0.2, 0.25) is 0 Å². The molecule has 8 heteroatoms. The van der Waals surface area contributed by atoms with Crippen LogP contribution in [0.25, 0.3) is 21.6 Å². The molecule has 1 aliphatic carbocycles. The van der Waals surface area contributed by atoms with E-state index >= 15 is 0 Å². The molecule has 0 saturated carbocycles. The summed E-state index contributed by atoms with van der Waals surface area (Å²) in [6.45, 7) is 0. The van der Waals surface area contributed by atoms with Gasteiger partial charge in [-0.15, -0.1) is 16.4 Å². The lowest BCUT2D eigenvalue weighted by Gasteiger charge is -1.99. The maximum atomic E-state index is 12.5. The van der Waals surface area contributed by atoms with Crippen LogP contribution in [-0.4, -0.2) is 25.1 Å². The van der Waals surface area contributed by atoms with E-state index in [4.69, 9.17) is 0 Å². The summed E-state index contributed by atoms with van der Waals surface area (Å²) in [5.74, 6) is 1.93. The quantitative estimate of drug-likeness (QED) is 0.528. The van der Waals surface area contributed by atoms with Crippen molar-refractivity contribution < 1.29 is 0 Å². The Morgan fingerprint density at radius 3 is 2.92 bits per heavy atom. The fourth-order valence-corrected chi connectivity index (χ4v) is 5.23. The van der Waals surface area contributed by atoms with Crippen molar-refractivity contribution in [2.24, 2.45) is 0 Å². The lowest BCUT2D eigenvalue weighted by atomic mass is 10.2. The highest BCUT2D eigenvalue weighted by molar-refractivity contribution is 7.98. The van der Waals surface area contributed by atoms with E-state index in [1.807, 2.05) is 30.3 Å². The fraction of sp³-hybridized carbons (Fsp3) is 0.222. The van der Waals surface area contributed by atoms with Crippen LogP contribution in [0.15, 0.2) is 40.3 Å². The number of aromatic amines is 2. The minimum atomic E-state index is -0.0232. The predicted octanol–water partition coefficient (Wildman–Crippen LogP) is 3.55. The Bertz CT molecular complexity index is 1150. The van der Waals surface area contributed by atoms with E-state index in [-0.39, 0.29) is 5.56 Å². The maximum Gasteiger partial charge on any atom is 0.259 e. The molecule has 6 nitrogen and oxygen atoms in total. The fourth-order valence-electron chi connectivity index (χ4n) is 3.28. The molecular weight excluding hydrogens is 366 g/mol. The zero-order valence-corrected chi connectivity index (χ0v) is 15.4. The van der Waals surface area contributed by atoms with Gasteiger partial charge in [0, 0.05) is 10.4 Å². The highest BCUT2D eigenvalue weighted by atomic mass is 32.2. The molecule has 0 spiro atoms. The molecule has 0 bridgehead atoms. The van der Waals surface area contributed by atoms with Crippen molar-refractivity contribution >= 4 is 33.3 Å². The van der Waals surface area contributed by atoms with Gasteiger partial charge in [-0.05, 0) is 24.8 Å². The van der Waals surface area contributed by atoms with Crippen LogP contribution in [0.5, 0.6) is 0 Å². The van der Waals surface area contributed by atoms with Gasteiger partial charge >= 0.3 is 0 Å². The third-order valence-electron chi connectivity index (χ3n) is 4.47. The van der Waals surface area contributed by atoms with Crippen LogP contribution in [-0.2, 0) is 18.6 Å². The summed E-state index contributed by atoms with van der Waals surface area (Å²) < 4.78 is 0. The average molecular weight is 381 g/mol. The maximum absolute atomic E-state index is 12.5. The van der Waals surface area contributed by atoms with Crippen molar-refractivity contribution in [3.63, 3.8) is 0 Å². The van der Waals surface area contributed by atoms with E-state index in [0.29, 0.717) is 16.7 Å². The number of hydrogen-bond acceptors (Lipinski definition) is 6. The molecule has 3 heterocycles. The van der Waals surface area contributed by atoms with Crippen LogP contribution in [0.3, 0.4) is 0 Å². The molecule has 0 radical (unpaired) electrons. The third kappa shape index (κ3) is 2.75. The smallest absolute Gasteiger partial charge is 0.259 e. The molecule has 0 aliphatic heterocycles. The van der Waals surface area contributed by atoms with Gasteiger partial charge in [0.1, 0.15) is 10.7 Å². The second-order valence-electron chi connectivity index (χ2n) is 6.17. The molecule has 3 aromatic heterocycles. The number of rotatable bonds is 4. The molecule has 0 saturated heterocycles. The Morgan fingerprint density at radius 2 is 2.04 bits per heavy atom. The van der Waals surface area contributed by atoms with E-state index in [9.17, 15) is 4.79 Å². The molecular formula is C18H15N5OS2. The first kappa shape index (κ1) is 15.8. The first-order valence-corrected chi connectivity index (χ1v) is 10.2. The number of fused-ring (bicyclic) bond motifs is 3. The van der Waals surface area contributed by atoms with Gasteiger partial charge in [0.15, 0.2) is 5.82 Å². The second kappa shape index (κ2) is 6.37. The van der Waals surface area contributed by atoms with Crippen LogP contribution in [0.4, 0.5) is 0 Å². The molecule has 0 atom stereocenters. The van der Waals surface area contributed by atoms with Gasteiger partial charge in [-0.25, -0.2) is 9.97 Å². The Hall–Kier alpha value is -2.45. The topological polar surface area (TPSA) is 87.3 Å². The molecule has 26 heavy (non-hydrogen) atoms. The van der Waals surface area contributed by atoms with E-state index in [1.54, 1.807) is 11.3 Å². The normalized spacial score (nSPS) is 13.4. The van der Waals surface area contributed by atoms with Gasteiger partial charge in [-0.2, -0.15) is 0 Å². The molecule has 0 unspecified atom stereocenters. The molecule has 130 valence electrons. The number of aromatic nitrogens is 5. The number of benzene rings is 1. The van der Waals surface area contributed by atoms with Gasteiger partial charge in [-0.3, -0.25) is 9.89 Å². The average Bonchev–Trinajstić information content (AvgIpc) is 3.36. The highest BCUT2D eigenvalue weighted by Gasteiger charge is 2.21. The summed E-state index contributed by atoms with van der Waals surface area (Å²) >= 11 is 3.12. The minimum Gasteiger partial charge on any atom is -0.309 e. The summed E-state index contributed by atoms with van der Waals surface area (Å²) in [7, 11) is 0. The number of hydrogen-bond donors (Lipinski definition) is 2. The molecule has 1 aromatic carbocycles. The Labute approximate surface area is 157 Å². The van der Waals surface area contributed by atoms with E-state index < -0.39 is 0 Å². The zero-order valence-electron chi connectivity index (χ0n) is 13.8. The Morgan fingerprint density at radius 1 is 1.15 bits per heavy atom. The predicted molar refractivity (Wildman–Crippen MR) is 104 cm³/mol. The molecule has 0 amide bonds. The highest BCUT2D eigenvalue weighted by Crippen LogP contribution is 2.34. The summed E-state index contributed by atoms with van der Waals surface area (Å²) in [5.41, 5.74) is 2.18. The summed E-state index contributed by atoms with van der Waals surface area (Å²) in [6.07, 6.45) is 3.20. The largest absolute Gasteiger partial charge is 0.309 e.